The van der Waals surface area contributed by atoms with Gasteiger partial charge in [-0.3, -0.25) is 0 Å². The second-order valence-electron chi connectivity index (χ2n) is 5.88. The molecule has 0 saturated heterocycles. The standard InChI is InChI=1S/C16H30N4O7/c17-16(21)27-15-11-14(12-15)13-26-10-9-25-8-7-24-6-5-23-4-3-22-2-1-19-20-18/h14-15H,1-13H2,(H2,17,21). The van der Waals surface area contributed by atoms with Gasteiger partial charge in [-0.2, -0.15) is 0 Å². The summed E-state index contributed by atoms with van der Waals surface area (Å²) in [5.74, 6) is 0.425. The lowest BCUT2D eigenvalue weighted by atomic mass is 9.83. The summed E-state index contributed by atoms with van der Waals surface area (Å²) in [7, 11) is 0. The maximum atomic E-state index is 10.6. The second kappa shape index (κ2) is 16.5. The molecule has 1 fully saturated rings. The van der Waals surface area contributed by atoms with Crippen molar-refractivity contribution in [3.05, 3.63) is 10.4 Å². The zero-order valence-corrected chi connectivity index (χ0v) is 15.6. The molecule has 0 unspecified atom stereocenters. The minimum absolute atomic E-state index is 0.0508. The van der Waals surface area contributed by atoms with Crippen LogP contribution >= 0.6 is 0 Å². The van der Waals surface area contributed by atoms with E-state index in [1.54, 1.807) is 0 Å². The number of ether oxygens (including phenoxy) is 6. The van der Waals surface area contributed by atoms with E-state index in [-0.39, 0.29) is 6.10 Å². The van der Waals surface area contributed by atoms with Crippen LogP contribution in [0.1, 0.15) is 12.8 Å². The van der Waals surface area contributed by atoms with E-state index in [9.17, 15) is 4.79 Å². The molecule has 1 aliphatic rings. The van der Waals surface area contributed by atoms with Crippen molar-refractivity contribution in [1.29, 1.82) is 0 Å². The maximum Gasteiger partial charge on any atom is 0.404 e. The lowest BCUT2D eigenvalue weighted by molar-refractivity contribution is -0.0368. The molecule has 0 aromatic carbocycles. The van der Waals surface area contributed by atoms with Gasteiger partial charge in [0.15, 0.2) is 0 Å². The molecule has 0 aromatic rings. The molecule has 1 aliphatic carbocycles. The highest BCUT2D eigenvalue weighted by molar-refractivity contribution is 5.64. The molecule has 0 aromatic heterocycles. The summed E-state index contributed by atoms with van der Waals surface area (Å²) in [6.07, 6.45) is 0.850. The lowest BCUT2D eigenvalue weighted by Crippen LogP contribution is -2.37. The number of nitrogens with two attached hydrogens (primary N) is 1. The third kappa shape index (κ3) is 14.1. The SMILES string of the molecule is [N-]=[N+]=NCCOCCOCCOCCOCCOCC1CC(OC(N)=O)C1. The molecule has 27 heavy (non-hydrogen) atoms. The van der Waals surface area contributed by atoms with E-state index in [2.05, 4.69) is 10.0 Å². The molecule has 0 aliphatic heterocycles. The van der Waals surface area contributed by atoms with Crippen LogP contribution in [0.2, 0.25) is 0 Å². The van der Waals surface area contributed by atoms with E-state index in [1.807, 2.05) is 0 Å². The third-order valence-corrected chi connectivity index (χ3v) is 3.72. The predicted octanol–water partition coefficient (Wildman–Crippen LogP) is 1.25. The zero-order valence-electron chi connectivity index (χ0n) is 15.6. The van der Waals surface area contributed by atoms with Crippen LogP contribution in [0, 0.1) is 5.92 Å². The van der Waals surface area contributed by atoms with E-state index in [0.717, 1.165) is 12.8 Å². The molecule has 11 heteroatoms. The summed E-state index contributed by atoms with van der Waals surface area (Å²) in [5.41, 5.74) is 13.0. The summed E-state index contributed by atoms with van der Waals surface area (Å²) in [5, 5.41) is 3.35. The van der Waals surface area contributed by atoms with Crippen LogP contribution in [0.3, 0.4) is 0 Å². The Morgan fingerprint density at radius 1 is 0.889 bits per heavy atom. The largest absolute Gasteiger partial charge is 0.446 e. The van der Waals surface area contributed by atoms with Crippen LogP contribution in [0.25, 0.3) is 10.4 Å². The summed E-state index contributed by atoms with van der Waals surface area (Å²) < 4.78 is 31.7. The number of amides is 1. The molecule has 11 nitrogen and oxygen atoms in total. The van der Waals surface area contributed by atoms with Crippen LogP contribution in [0.5, 0.6) is 0 Å². The molecule has 0 heterocycles. The van der Waals surface area contributed by atoms with Gasteiger partial charge in [-0.05, 0) is 24.3 Å². The van der Waals surface area contributed by atoms with Crippen LogP contribution in [-0.4, -0.2) is 84.8 Å². The van der Waals surface area contributed by atoms with E-state index >= 15 is 0 Å². The summed E-state index contributed by atoms with van der Waals surface area (Å²) in [4.78, 5) is 13.2. The van der Waals surface area contributed by atoms with Crippen molar-refractivity contribution in [3.63, 3.8) is 0 Å². The molecule has 156 valence electrons. The third-order valence-electron chi connectivity index (χ3n) is 3.72. The Balaban J connectivity index is 1.68. The molecule has 0 bridgehead atoms. The first-order valence-corrected chi connectivity index (χ1v) is 9.08. The van der Waals surface area contributed by atoms with E-state index in [1.165, 1.54) is 0 Å². The van der Waals surface area contributed by atoms with Crippen LogP contribution in [-0.2, 0) is 28.4 Å². The number of azide groups is 1. The van der Waals surface area contributed by atoms with Gasteiger partial charge < -0.3 is 34.2 Å². The van der Waals surface area contributed by atoms with Gasteiger partial charge in [-0.1, -0.05) is 5.11 Å². The smallest absolute Gasteiger partial charge is 0.404 e. The number of rotatable bonds is 18. The van der Waals surface area contributed by atoms with E-state index < -0.39 is 6.09 Å². The Kier molecular flexibility index (Phi) is 14.4. The number of carbonyl (C=O) groups is 1. The Morgan fingerprint density at radius 3 is 1.85 bits per heavy atom. The lowest BCUT2D eigenvalue weighted by Gasteiger charge is -2.33. The minimum Gasteiger partial charge on any atom is -0.446 e. The Hall–Kier alpha value is -1.62. The van der Waals surface area contributed by atoms with Crippen molar-refractivity contribution in [1.82, 2.24) is 0 Å². The van der Waals surface area contributed by atoms with Gasteiger partial charge in [0.1, 0.15) is 6.10 Å². The Morgan fingerprint density at radius 2 is 1.37 bits per heavy atom. The number of hydrogen-bond donors (Lipinski definition) is 1. The van der Waals surface area contributed by atoms with Gasteiger partial charge in [0.2, 0.25) is 0 Å². The van der Waals surface area contributed by atoms with Crippen LogP contribution in [0.4, 0.5) is 4.79 Å². The molecule has 2 N–H and O–H groups in total. The van der Waals surface area contributed by atoms with E-state index in [4.69, 9.17) is 39.7 Å². The van der Waals surface area contributed by atoms with Crippen molar-refractivity contribution >= 4 is 6.09 Å². The first-order chi connectivity index (χ1) is 13.2. The summed E-state index contributed by atoms with van der Waals surface area (Å²) >= 11 is 0. The molecule has 1 rings (SSSR count). The van der Waals surface area contributed by atoms with Crippen molar-refractivity contribution in [2.24, 2.45) is 16.8 Å². The fourth-order valence-corrected chi connectivity index (χ4v) is 2.35. The van der Waals surface area contributed by atoms with Crippen molar-refractivity contribution in [2.45, 2.75) is 18.9 Å². The van der Waals surface area contributed by atoms with Gasteiger partial charge in [0, 0.05) is 18.1 Å². The highest BCUT2D eigenvalue weighted by atomic mass is 16.6. The first kappa shape index (κ1) is 23.4. The molecule has 1 amide bonds. The first-order valence-electron chi connectivity index (χ1n) is 9.08. The van der Waals surface area contributed by atoms with Gasteiger partial charge >= 0.3 is 6.09 Å². The minimum atomic E-state index is -0.713. The van der Waals surface area contributed by atoms with Crippen molar-refractivity contribution in [2.75, 3.05) is 72.6 Å². The topological polar surface area (TPSA) is 147 Å². The molecule has 0 atom stereocenters. The number of carbonyl (C=O) groups excluding carboxylic acids is 1. The molecule has 0 radical (unpaired) electrons. The monoisotopic (exact) mass is 390 g/mol. The molecular weight excluding hydrogens is 360 g/mol. The Bertz CT molecular complexity index is 429. The zero-order chi connectivity index (χ0) is 19.6. The van der Waals surface area contributed by atoms with Crippen LogP contribution < -0.4 is 5.73 Å². The number of nitrogens with zero attached hydrogens (tertiary/aromatic N) is 3. The fraction of sp³-hybridized carbons (Fsp3) is 0.938. The summed E-state index contributed by atoms with van der Waals surface area (Å²) in [6.45, 7) is 5.35. The number of hydrogen-bond acceptors (Lipinski definition) is 8. The summed E-state index contributed by atoms with van der Waals surface area (Å²) in [6, 6.07) is 0. The van der Waals surface area contributed by atoms with Crippen molar-refractivity contribution < 1.29 is 33.2 Å². The highest BCUT2D eigenvalue weighted by Crippen LogP contribution is 2.30. The van der Waals surface area contributed by atoms with Gasteiger partial charge in [-0.15, -0.1) is 0 Å². The molecule has 0 spiro atoms. The Labute approximate surface area is 159 Å². The van der Waals surface area contributed by atoms with Gasteiger partial charge in [0.25, 0.3) is 0 Å². The highest BCUT2D eigenvalue weighted by Gasteiger charge is 2.31. The quantitative estimate of drug-likeness (QED) is 0.160. The predicted molar refractivity (Wildman–Crippen MR) is 95.3 cm³/mol. The molecular formula is C16H30N4O7. The number of primary amides is 1. The molecule has 1 saturated carbocycles. The second-order valence-corrected chi connectivity index (χ2v) is 5.88. The van der Waals surface area contributed by atoms with Gasteiger partial charge in [0.05, 0.1) is 59.5 Å². The van der Waals surface area contributed by atoms with Crippen LogP contribution in [0.15, 0.2) is 5.11 Å². The fourth-order valence-electron chi connectivity index (χ4n) is 2.35. The maximum absolute atomic E-state index is 10.6. The average Bonchev–Trinajstić information content (AvgIpc) is 2.61. The normalized spacial score (nSPS) is 18.5. The van der Waals surface area contributed by atoms with Crippen molar-refractivity contribution in [3.8, 4) is 0 Å². The van der Waals surface area contributed by atoms with E-state index in [0.29, 0.717) is 78.5 Å². The average molecular weight is 390 g/mol. The van der Waals surface area contributed by atoms with Gasteiger partial charge in [-0.25, -0.2) is 4.79 Å².